The van der Waals surface area contributed by atoms with Crippen molar-refractivity contribution in [3.63, 3.8) is 0 Å². The number of amides is 1. The Bertz CT molecular complexity index is 1310. The number of nitrogens with zero attached hydrogens (tertiary/aromatic N) is 2. The Morgan fingerprint density at radius 1 is 0.829 bits per heavy atom. The van der Waals surface area contributed by atoms with Crippen LogP contribution in [0.15, 0.2) is 79.0 Å². The highest BCUT2D eigenvalue weighted by Crippen LogP contribution is 2.26. The number of aromatic nitrogens is 2. The van der Waals surface area contributed by atoms with Crippen LogP contribution in [0.1, 0.15) is 15.9 Å². The minimum absolute atomic E-state index is 0.227. The molecule has 8 heteroatoms. The molecular weight excluding hydrogens is 446 g/mol. The summed E-state index contributed by atoms with van der Waals surface area (Å²) in [6.07, 6.45) is 1.61. The molecule has 0 radical (unpaired) electrons. The van der Waals surface area contributed by atoms with Crippen LogP contribution in [0.4, 0.5) is 0 Å². The first-order chi connectivity index (χ1) is 17.1. The Hall–Kier alpha value is -4.59. The molecule has 0 unspecified atom stereocenters. The summed E-state index contributed by atoms with van der Waals surface area (Å²) >= 11 is 0. The molecule has 1 amide bonds. The van der Waals surface area contributed by atoms with E-state index in [4.69, 9.17) is 18.9 Å². The molecule has 0 fully saturated rings. The van der Waals surface area contributed by atoms with Crippen LogP contribution < -0.4 is 24.3 Å². The average molecular weight is 472 g/mol. The molecule has 0 aliphatic heterocycles. The maximum atomic E-state index is 12.8. The monoisotopic (exact) mass is 471 g/mol. The lowest BCUT2D eigenvalue weighted by Gasteiger charge is -2.12. The molecule has 0 saturated heterocycles. The molecule has 178 valence electrons. The van der Waals surface area contributed by atoms with Crippen molar-refractivity contribution in [1.82, 2.24) is 15.3 Å². The average Bonchev–Trinajstić information content (AvgIpc) is 2.92. The normalized spacial score (nSPS) is 10.4. The fraction of sp³-hybridized carbons (Fsp3) is 0.148. The van der Waals surface area contributed by atoms with E-state index in [9.17, 15) is 4.79 Å². The third-order valence-corrected chi connectivity index (χ3v) is 5.23. The first-order valence-corrected chi connectivity index (χ1v) is 10.8. The van der Waals surface area contributed by atoms with E-state index in [1.807, 2.05) is 18.2 Å². The van der Waals surface area contributed by atoms with Gasteiger partial charge in [0, 0.05) is 41.6 Å². The van der Waals surface area contributed by atoms with Crippen molar-refractivity contribution in [2.45, 2.75) is 6.54 Å². The van der Waals surface area contributed by atoms with Gasteiger partial charge < -0.3 is 24.3 Å². The van der Waals surface area contributed by atoms with Crippen molar-refractivity contribution < 1.29 is 23.7 Å². The van der Waals surface area contributed by atoms with Gasteiger partial charge >= 0.3 is 0 Å². The van der Waals surface area contributed by atoms with Gasteiger partial charge in [-0.3, -0.25) is 4.79 Å². The van der Waals surface area contributed by atoms with Crippen LogP contribution in [0, 0.1) is 0 Å². The summed E-state index contributed by atoms with van der Waals surface area (Å²) < 4.78 is 21.6. The zero-order valence-electron chi connectivity index (χ0n) is 19.6. The summed E-state index contributed by atoms with van der Waals surface area (Å²) in [5.41, 5.74) is 2.02. The van der Waals surface area contributed by atoms with Crippen LogP contribution in [-0.2, 0) is 6.54 Å². The molecule has 4 rings (SSSR count). The van der Waals surface area contributed by atoms with Crippen molar-refractivity contribution in [3.8, 4) is 40.3 Å². The molecular formula is C27H25N3O5. The van der Waals surface area contributed by atoms with E-state index in [0.29, 0.717) is 46.6 Å². The van der Waals surface area contributed by atoms with Gasteiger partial charge in [-0.1, -0.05) is 12.1 Å². The number of carbonyl (C=O) groups excluding carboxylic acids is 1. The number of hydrogen-bond donors (Lipinski definition) is 1. The van der Waals surface area contributed by atoms with E-state index in [2.05, 4.69) is 15.3 Å². The molecule has 0 aliphatic rings. The highest BCUT2D eigenvalue weighted by Gasteiger charge is 2.12. The highest BCUT2D eigenvalue weighted by molar-refractivity contribution is 5.95. The molecule has 3 aromatic carbocycles. The Morgan fingerprint density at radius 2 is 1.57 bits per heavy atom. The van der Waals surface area contributed by atoms with Gasteiger partial charge in [0.05, 0.1) is 21.3 Å². The van der Waals surface area contributed by atoms with Crippen molar-refractivity contribution in [2.75, 3.05) is 21.3 Å². The Kier molecular flexibility index (Phi) is 7.42. The van der Waals surface area contributed by atoms with Gasteiger partial charge in [-0.15, -0.1) is 0 Å². The topological polar surface area (TPSA) is 91.8 Å². The van der Waals surface area contributed by atoms with Crippen molar-refractivity contribution in [2.24, 2.45) is 0 Å². The van der Waals surface area contributed by atoms with Crippen LogP contribution in [-0.4, -0.2) is 37.2 Å². The molecule has 0 saturated carbocycles. The number of hydrogen-bond acceptors (Lipinski definition) is 7. The van der Waals surface area contributed by atoms with Crippen molar-refractivity contribution in [3.05, 3.63) is 90.1 Å². The zero-order valence-corrected chi connectivity index (χ0v) is 19.6. The van der Waals surface area contributed by atoms with E-state index >= 15 is 0 Å². The van der Waals surface area contributed by atoms with E-state index in [0.717, 1.165) is 11.3 Å². The molecule has 1 N–H and O–H groups in total. The summed E-state index contributed by atoms with van der Waals surface area (Å²) in [5.74, 6) is 3.29. The summed E-state index contributed by atoms with van der Waals surface area (Å²) in [5, 5.41) is 2.92. The Labute approximate surface area is 203 Å². The number of nitrogens with one attached hydrogen (secondary N) is 1. The highest BCUT2D eigenvalue weighted by atomic mass is 16.5. The van der Waals surface area contributed by atoms with E-state index in [-0.39, 0.29) is 5.91 Å². The van der Waals surface area contributed by atoms with Gasteiger partial charge in [-0.25, -0.2) is 4.98 Å². The third kappa shape index (κ3) is 5.86. The smallest absolute Gasteiger partial charge is 0.251 e. The fourth-order valence-corrected chi connectivity index (χ4v) is 3.38. The lowest BCUT2D eigenvalue weighted by molar-refractivity contribution is 0.0950. The van der Waals surface area contributed by atoms with Crippen molar-refractivity contribution >= 4 is 5.91 Å². The minimum atomic E-state index is -0.227. The molecule has 0 aliphatic carbocycles. The van der Waals surface area contributed by atoms with Crippen LogP contribution in [0.5, 0.6) is 28.9 Å². The molecule has 0 spiro atoms. The number of rotatable bonds is 9. The molecule has 0 bridgehead atoms. The summed E-state index contributed by atoms with van der Waals surface area (Å²) in [7, 11) is 4.78. The molecule has 1 aromatic heterocycles. The summed E-state index contributed by atoms with van der Waals surface area (Å²) in [6, 6.07) is 21.4. The largest absolute Gasteiger partial charge is 0.497 e. The van der Waals surface area contributed by atoms with Crippen molar-refractivity contribution in [1.29, 1.82) is 0 Å². The quantitative estimate of drug-likeness (QED) is 0.372. The molecule has 0 atom stereocenters. The van der Waals surface area contributed by atoms with Crippen LogP contribution >= 0.6 is 0 Å². The molecule has 35 heavy (non-hydrogen) atoms. The number of carbonyl (C=O) groups is 1. The zero-order chi connectivity index (χ0) is 24.6. The lowest BCUT2D eigenvalue weighted by Crippen LogP contribution is -2.23. The predicted octanol–water partition coefficient (Wildman–Crippen LogP) is 4.89. The first-order valence-electron chi connectivity index (χ1n) is 10.8. The maximum absolute atomic E-state index is 12.8. The molecule has 4 aromatic rings. The van der Waals surface area contributed by atoms with Gasteiger partial charge in [-0.05, 0) is 48.5 Å². The first kappa shape index (κ1) is 23.6. The lowest BCUT2D eigenvalue weighted by atomic mass is 10.1. The van der Waals surface area contributed by atoms with E-state index < -0.39 is 0 Å². The van der Waals surface area contributed by atoms with Gasteiger partial charge in [0.15, 0.2) is 5.82 Å². The molecule has 1 heterocycles. The van der Waals surface area contributed by atoms with Crippen LogP contribution in [0.2, 0.25) is 0 Å². The molecule has 8 nitrogen and oxygen atoms in total. The number of methoxy groups -OCH3 is 3. The standard InChI is InChI=1S/C27H25N3O5/c1-32-21-9-11-22(12-10-21)35-25-13-14-28-26(30-25)18-5-4-6-19(15-18)27(31)29-17-20-7-8-23(33-2)16-24(20)34-3/h4-16H,17H2,1-3H3,(H,29,31). The predicted molar refractivity (Wildman–Crippen MR) is 131 cm³/mol. The van der Waals surface area contributed by atoms with Gasteiger partial charge in [-0.2, -0.15) is 4.98 Å². The SMILES string of the molecule is COc1ccc(Oc2ccnc(-c3cccc(C(=O)NCc4ccc(OC)cc4OC)c3)n2)cc1. The third-order valence-electron chi connectivity index (χ3n) is 5.23. The Morgan fingerprint density at radius 3 is 2.31 bits per heavy atom. The van der Waals surface area contributed by atoms with E-state index in [1.165, 1.54) is 0 Å². The van der Waals surface area contributed by atoms with Crippen LogP contribution in [0.3, 0.4) is 0 Å². The summed E-state index contributed by atoms with van der Waals surface area (Å²) in [6.45, 7) is 0.303. The second-order valence-electron chi connectivity index (χ2n) is 7.44. The van der Waals surface area contributed by atoms with Gasteiger partial charge in [0.25, 0.3) is 5.91 Å². The summed E-state index contributed by atoms with van der Waals surface area (Å²) in [4.78, 5) is 21.7. The van der Waals surface area contributed by atoms with E-state index in [1.54, 1.807) is 82.1 Å². The second-order valence-corrected chi connectivity index (χ2v) is 7.44. The fourth-order valence-electron chi connectivity index (χ4n) is 3.38. The number of ether oxygens (including phenoxy) is 4. The Balaban J connectivity index is 1.46. The number of benzene rings is 3. The minimum Gasteiger partial charge on any atom is -0.497 e. The van der Waals surface area contributed by atoms with Gasteiger partial charge in [0.1, 0.15) is 23.0 Å². The second kappa shape index (κ2) is 11.0. The maximum Gasteiger partial charge on any atom is 0.251 e. The van der Waals surface area contributed by atoms with Gasteiger partial charge in [0.2, 0.25) is 5.88 Å². The van der Waals surface area contributed by atoms with Crippen LogP contribution in [0.25, 0.3) is 11.4 Å².